The van der Waals surface area contributed by atoms with Gasteiger partial charge in [0.15, 0.2) is 17.1 Å². The van der Waals surface area contributed by atoms with Crippen LogP contribution in [0.5, 0.6) is 28.7 Å². The molecule has 0 heterocycles. The first-order valence-corrected chi connectivity index (χ1v) is 17.7. The van der Waals surface area contributed by atoms with E-state index in [4.69, 9.17) is 18.9 Å². The van der Waals surface area contributed by atoms with Gasteiger partial charge in [-0.3, -0.25) is 0 Å². The SMILES string of the molecule is CCCCCCCCOc1c(O)c(C(=O)O)c(OCCCCCCC)c(OCCCCCCC)c1OCCCCCCC. The summed E-state index contributed by atoms with van der Waals surface area (Å²) >= 11 is 0. The molecule has 7 nitrogen and oxygen atoms in total. The smallest absolute Gasteiger partial charge is 0.343 e. The molecule has 0 fully saturated rings. The predicted molar refractivity (Wildman–Crippen MR) is 177 cm³/mol. The molecular formula is C36H64O7. The molecule has 0 aliphatic carbocycles. The van der Waals surface area contributed by atoms with Crippen molar-refractivity contribution in [1.82, 2.24) is 0 Å². The van der Waals surface area contributed by atoms with Crippen LogP contribution < -0.4 is 18.9 Å². The van der Waals surface area contributed by atoms with Crippen LogP contribution in [0.3, 0.4) is 0 Å². The van der Waals surface area contributed by atoms with Crippen LogP contribution in [0.4, 0.5) is 0 Å². The number of carboxylic acids is 1. The predicted octanol–water partition coefficient (Wildman–Crippen LogP) is 10.9. The summed E-state index contributed by atoms with van der Waals surface area (Å²) in [6, 6.07) is 0. The van der Waals surface area contributed by atoms with E-state index in [1.807, 2.05) is 0 Å². The molecule has 0 spiro atoms. The van der Waals surface area contributed by atoms with Gasteiger partial charge < -0.3 is 29.2 Å². The summed E-state index contributed by atoms with van der Waals surface area (Å²) in [6.07, 6.45) is 22.5. The second kappa shape index (κ2) is 26.1. The number of carboxylic acid groups (broad SMARTS) is 1. The number of rotatable bonds is 30. The zero-order chi connectivity index (χ0) is 31.5. The molecule has 0 saturated heterocycles. The summed E-state index contributed by atoms with van der Waals surface area (Å²) in [4.78, 5) is 12.5. The van der Waals surface area contributed by atoms with Gasteiger partial charge in [-0.25, -0.2) is 4.79 Å². The first kappa shape index (κ1) is 38.7. The van der Waals surface area contributed by atoms with Crippen LogP contribution in [0.15, 0.2) is 0 Å². The van der Waals surface area contributed by atoms with Crippen LogP contribution in [-0.4, -0.2) is 42.6 Å². The van der Waals surface area contributed by atoms with Gasteiger partial charge in [-0.2, -0.15) is 0 Å². The number of aromatic carboxylic acids is 1. The lowest BCUT2D eigenvalue weighted by atomic mass is 10.1. The van der Waals surface area contributed by atoms with Crippen molar-refractivity contribution in [2.45, 2.75) is 163 Å². The van der Waals surface area contributed by atoms with Crippen LogP contribution in [0.2, 0.25) is 0 Å². The Bertz CT molecular complexity index is 840. The summed E-state index contributed by atoms with van der Waals surface area (Å²) in [5, 5.41) is 21.5. The number of hydrogen-bond donors (Lipinski definition) is 2. The number of carbonyl (C=O) groups is 1. The molecule has 0 aliphatic heterocycles. The molecule has 1 aromatic rings. The largest absolute Gasteiger partial charge is 0.503 e. The Kier molecular flexibility index (Phi) is 23.5. The van der Waals surface area contributed by atoms with Crippen molar-refractivity contribution in [3.05, 3.63) is 5.56 Å². The third kappa shape index (κ3) is 16.4. The zero-order valence-electron chi connectivity index (χ0n) is 28.1. The van der Waals surface area contributed by atoms with Gasteiger partial charge in [-0.1, -0.05) is 137 Å². The third-order valence-corrected chi connectivity index (χ3v) is 7.74. The van der Waals surface area contributed by atoms with E-state index >= 15 is 0 Å². The monoisotopic (exact) mass is 608 g/mol. The number of hydrogen-bond acceptors (Lipinski definition) is 6. The Morgan fingerprint density at radius 3 is 1.07 bits per heavy atom. The van der Waals surface area contributed by atoms with Gasteiger partial charge >= 0.3 is 5.97 Å². The minimum absolute atomic E-state index is 0.0435. The standard InChI is InChI=1S/C36H64O7/c1-5-9-13-17-21-25-27-41-33-31(37)30(36(38)39)32(40-26-22-18-14-10-6-2)34(42-28-23-19-15-11-7-3)35(33)43-29-24-20-16-12-8-4/h37H,5-29H2,1-4H3,(H,38,39). The average Bonchev–Trinajstić information content (AvgIpc) is 2.99. The van der Waals surface area contributed by atoms with Crippen molar-refractivity contribution >= 4 is 5.97 Å². The lowest BCUT2D eigenvalue weighted by molar-refractivity contribution is 0.0685. The molecule has 1 aromatic carbocycles. The molecule has 0 atom stereocenters. The molecule has 0 unspecified atom stereocenters. The molecule has 0 amide bonds. The summed E-state index contributed by atoms with van der Waals surface area (Å²) in [6.45, 7) is 10.3. The van der Waals surface area contributed by atoms with Crippen molar-refractivity contribution in [2.75, 3.05) is 26.4 Å². The van der Waals surface area contributed by atoms with Crippen LogP contribution in [-0.2, 0) is 0 Å². The number of unbranched alkanes of at least 4 members (excludes halogenated alkanes) is 17. The number of phenols is 1. The van der Waals surface area contributed by atoms with E-state index in [0.29, 0.717) is 26.4 Å². The maximum Gasteiger partial charge on any atom is 0.343 e. The van der Waals surface area contributed by atoms with Crippen molar-refractivity contribution < 1.29 is 34.0 Å². The zero-order valence-corrected chi connectivity index (χ0v) is 28.1. The molecule has 0 saturated carbocycles. The maximum atomic E-state index is 12.5. The second-order valence-corrected chi connectivity index (χ2v) is 11.7. The molecule has 0 aliphatic rings. The summed E-state index contributed by atoms with van der Waals surface area (Å²) in [5.74, 6) is -1.13. The van der Waals surface area contributed by atoms with Gasteiger partial charge in [0, 0.05) is 0 Å². The topological polar surface area (TPSA) is 94.5 Å². The highest BCUT2D eigenvalue weighted by Gasteiger charge is 2.32. The minimum atomic E-state index is -1.28. The Balaban J connectivity index is 3.32. The fraction of sp³-hybridized carbons (Fsp3) is 0.806. The van der Waals surface area contributed by atoms with Gasteiger partial charge in [0.05, 0.1) is 26.4 Å². The normalized spacial score (nSPS) is 11.1. The number of ether oxygens (including phenoxy) is 4. The highest BCUT2D eigenvalue weighted by molar-refractivity contribution is 5.97. The van der Waals surface area contributed by atoms with E-state index in [1.54, 1.807) is 0 Å². The van der Waals surface area contributed by atoms with Crippen LogP contribution in [0, 0.1) is 0 Å². The van der Waals surface area contributed by atoms with E-state index in [-0.39, 0.29) is 28.6 Å². The fourth-order valence-corrected chi connectivity index (χ4v) is 5.08. The number of aromatic hydroxyl groups is 1. The Labute approximate surface area is 263 Å². The third-order valence-electron chi connectivity index (χ3n) is 7.74. The van der Waals surface area contributed by atoms with Crippen molar-refractivity contribution in [3.8, 4) is 28.7 Å². The highest BCUT2D eigenvalue weighted by Crippen LogP contribution is 2.53. The first-order valence-electron chi connectivity index (χ1n) is 17.7. The van der Waals surface area contributed by atoms with E-state index in [2.05, 4.69) is 27.7 Å². The summed E-state index contributed by atoms with van der Waals surface area (Å²) < 4.78 is 24.8. The molecular weight excluding hydrogens is 544 g/mol. The van der Waals surface area contributed by atoms with Crippen molar-refractivity contribution in [2.24, 2.45) is 0 Å². The van der Waals surface area contributed by atoms with Gasteiger partial charge in [0.25, 0.3) is 0 Å². The summed E-state index contributed by atoms with van der Waals surface area (Å²) in [5.41, 5.74) is -0.317. The fourth-order valence-electron chi connectivity index (χ4n) is 5.08. The van der Waals surface area contributed by atoms with Gasteiger partial charge in [0.1, 0.15) is 0 Å². The lowest BCUT2D eigenvalue weighted by Gasteiger charge is -2.23. The maximum absolute atomic E-state index is 12.5. The average molecular weight is 609 g/mol. The molecule has 7 heteroatoms. The van der Waals surface area contributed by atoms with Gasteiger partial charge in [0.2, 0.25) is 17.2 Å². The molecule has 1 rings (SSSR count). The molecule has 2 N–H and O–H groups in total. The Morgan fingerprint density at radius 1 is 0.442 bits per heavy atom. The highest BCUT2D eigenvalue weighted by atomic mass is 16.6. The Morgan fingerprint density at radius 2 is 0.721 bits per heavy atom. The van der Waals surface area contributed by atoms with E-state index < -0.39 is 11.7 Å². The Hall–Kier alpha value is -2.31. The van der Waals surface area contributed by atoms with Crippen molar-refractivity contribution in [1.29, 1.82) is 0 Å². The van der Waals surface area contributed by atoms with E-state index in [0.717, 1.165) is 103 Å². The molecule has 0 aromatic heterocycles. The molecule has 0 bridgehead atoms. The van der Waals surface area contributed by atoms with Crippen LogP contribution in [0.25, 0.3) is 0 Å². The van der Waals surface area contributed by atoms with Crippen LogP contribution in [0.1, 0.15) is 173 Å². The van der Waals surface area contributed by atoms with E-state index in [1.165, 1.54) is 32.1 Å². The minimum Gasteiger partial charge on any atom is -0.503 e. The van der Waals surface area contributed by atoms with E-state index in [9.17, 15) is 15.0 Å². The second-order valence-electron chi connectivity index (χ2n) is 11.7. The quantitative estimate of drug-likeness (QED) is 0.0839. The lowest BCUT2D eigenvalue weighted by Crippen LogP contribution is -2.13. The van der Waals surface area contributed by atoms with Gasteiger partial charge in [-0.15, -0.1) is 0 Å². The molecule has 43 heavy (non-hydrogen) atoms. The molecule has 250 valence electrons. The molecule has 0 radical (unpaired) electrons. The van der Waals surface area contributed by atoms with Gasteiger partial charge in [-0.05, 0) is 25.7 Å². The van der Waals surface area contributed by atoms with Crippen molar-refractivity contribution in [3.63, 3.8) is 0 Å². The van der Waals surface area contributed by atoms with Crippen LogP contribution >= 0.6 is 0 Å². The first-order chi connectivity index (χ1) is 21.0. The number of benzene rings is 1. The summed E-state index contributed by atoms with van der Waals surface area (Å²) in [7, 11) is 0.